The fraction of sp³-hybridized carbons (Fsp3) is 0.529. The van der Waals surface area contributed by atoms with Gasteiger partial charge in [0.25, 0.3) is 0 Å². The third-order valence-corrected chi connectivity index (χ3v) is 4.01. The number of unbranched alkanes of at least 4 members (excludes halogenated alkanes) is 2. The molecule has 2 rings (SSSR count). The monoisotopic (exact) mass is 369 g/mol. The predicted octanol–water partition coefficient (Wildman–Crippen LogP) is 2.35. The van der Waals surface area contributed by atoms with Gasteiger partial charge in [-0.1, -0.05) is 18.0 Å². The van der Waals surface area contributed by atoms with Gasteiger partial charge in [0.2, 0.25) is 5.91 Å². The molecule has 0 spiro atoms. The first kappa shape index (κ1) is 19.2. The average Bonchev–Trinajstić information content (AvgIpc) is 2.81. The molecular formula is C17H24ClN3O4. The van der Waals surface area contributed by atoms with Crippen LogP contribution in [0.5, 0.6) is 11.5 Å². The largest absolute Gasteiger partial charge is 0.489 e. The van der Waals surface area contributed by atoms with Crippen LogP contribution >= 0.6 is 11.6 Å². The molecule has 7 nitrogen and oxygen atoms in total. The van der Waals surface area contributed by atoms with Crippen LogP contribution in [0, 0.1) is 0 Å². The number of hydrogen-bond acceptors (Lipinski definition) is 4. The summed E-state index contributed by atoms with van der Waals surface area (Å²) < 4.78 is 11.2. The molecule has 0 unspecified atom stereocenters. The second-order valence-electron chi connectivity index (χ2n) is 5.83. The highest BCUT2D eigenvalue weighted by Crippen LogP contribution is 2.37. The van der Waals surface area contributed by atoms with Crippen molar-refractivity contribution in [2.75, 3.05) is 19.8 Å². The van der Waals surface area contributed by atoms with Crippen molar-refractivity contribution in [3.8, 4) is 11.5 Å². The van der Waals surface area contributed by atoms with Gasteiger partial charge < -0.3 is 25.8 Å². The number of hydrogen-bond donors (Lipinski definition) is 3. The summed E-state index contributed by atoms with van der Waals surface area (Å²) in [7, 11) is 0. The van der Waals surface area contributed by atoms with Crippen molar-refractivity contribution in [3.05, 3.63) is 22.7 Å². The highest BCUT2D eigenvalue weighted by molar-refractivity contribution is 6.32. The van der Waals surface area contributed by atoms with Gasteiger partial charge in [0.15, 0.2) is 11.5 Å². The van der Waals surface area contributed by atoms with E-state index in [0.717, 1.165) is 31.2 Å². The molecule has 0 aromatic heterocycles. The standard InChI is InChI=1S/C17H24ClN3O4/c18-13-9-12(10-14-16(13)25-8-4-7-24-14)11-21-15(22)5-2-1-3-6-20-17(19)23/h9-10H,1-8,11H2,(H,21,22)(H3,19,20,23). The number of carbonyl (C=O) groups is 2. The summed E-state index contributed by atoms with van der Waals surface area (Å²) in [5, 5.41) is 5.88. The van der Waals surface area contributed by atoms with Crippen molar-refractivity contribution in [1.82, 2.24) is 10.6 Å². The summed E-state index contributed by atoms with van der Waals surface area (Å²) in [6, 6.07) is 3.11. The van der Waals surface area contributed by atoms with Crippen LogP contribution in [0.25, 0.3) is 0 Å². The Hall–Kier alpha value is -2.15. The van der Waals surface area contributed by atoms with E-state index >= 15 is 0 Å². The molecule has 1 aromatic rings. The number of carbonyl (C=O) groups excluding carboxylic acids is 2. The van der Waals surface area contributed by atoms with E-state index in [0.29, 0.717) is 49.2 Å². The highest BCUT2D eigenvalue weighted by atomic mass is 35.5. The Morgan fingerprint density at radius 3 is 2.72 bits per heavy atom. The van der Waals surface area contributed by atoms with Gasteiger partial charge >= 0.3 is 6.03 Å². The zero-order chi connectivity index (χ0) is 18.1. The van der Waals surface area contributed by atoms with E-state index in [1.54, 1.807) is 6.07 Å². The minimum absolute atomic E-state index is 0.0221. The maximum Gasteiger partial charge on any atom is 0.312 e. The minimum atomic E-state index is -0.522. The van der Waals surface area contributed by atoms with E-state index in [-0.39, 0.29) is 5.91 Å². The molecule has 1 heterocycles. The van der Waals surface area contributed by atoms with E-state index in [9.17, 15) is 9.59 Å². The molecule has 138 valence electrons. The molecule has 1 aromatic carbocycles. The predicted molar refractivity (Wildman–Crippen MR) is 95.0 cm³/mol. The van der Waals surface area contributed by atoms with Crippen molar-refractivity contribution in [1.29, 1.82) is 0 Å². The maximum atomic E-state index is 11.9. The second-order valence-corrected chi connectivity index (χ2v) is 6.24. The molecule has 8 heteroatoms. The Morgan fingerprint density at radius 1 is 1.12 bits per heavy atom. The number of nitrogens with two attached hydrogens (primary N) is 1. The maximum absolute atomic E-state index is 11.9. The summed E-state index contributed by atoms with van der Waals surface area (Å²) in [6.45, 7) is 2.09. The normalized spacial score (nSPS) is 13.0. The zero-order valence-corrected chi connectivity index (χ0v) is 14.9. The fourth-order valence-corrected chi connectivity index (χ4v) is 2.76. The molecule has 0 radical (unpaired) electrons. The van der Waals surface area contributed by atoms with Crippen molar-refractivity contribution < 1.29 is 19.1 Å². The topological polar surface area (TPSA) is 103 Å². The number of urea groups is 1. The smallest absolute Gasteiger partial charge is 0.312 e. The van der Waals surface area contributed by atoms with E-state index < -0.39 is 6.03 Å². The van der Waals surface area contributed by atoms with Crippen LogP contribution in [0.4, 0.5) is 4.79 Å². The number of fused-ring (bicyclic) bond motifs is 1. The van der Waals surface area contributed by atoms with Gasteiger partial charge in [0.05, 0.1) is 18.2 Å². The first-order valence-corrected chi connectivity index (χ1v) is 8.82. The molecule has 0 aliphatic carbocycles. The van der Waals surface area contributed by atoms with Gasteiger partial charge in [0.1, 0.15) is 0 Å². The van der Waals surface area contributed by atoms with Crippen LogP contribution < -0.4 is 25.8 Å². The van der Waals surface area contributed by atoms with Crippen LogP contribution in [0.1, 0.15) is 37.7 Å². The summed E-state index contributed by atoms with van der Waals surface area (Å²) in [5.41, 5.74) is 5.84. The van der Waals surface area contributed by atoms with Crippen LogP contribution in [0.15, 0.2) is 12.1 Å². The van der Waals surface area contributed by atoms with Crippen LogP contribution in [0.3, 0.4) is 0 Å². The molecule has 0 atom stereocenters. The minimum Gasteiger partial charge on any atom is -0.489 e. The summed E-state index contributed by atoms with van der Waals surface area (Å²) >= 11 is 6.23. The van der Waals surface area contributed by atoms with Crippen LogP contribution in [-0.4, -0.2) is 31.7 Å². The second kappa shape index (κ2) is 9.98. The Labute approximate surface area is 152 Å². The Bertz CT molecular complexity index is 610. The number of rotatable bonds is 8. The third-order valence-electron chi connectivity index (χ3n) is 3.73. The highest BCUT2D eigenvalue weighted by Gasteiger charge is 2.15. The lowest BCUT2D eigenvalue weighted by Gasteiger charge is -2.12. The lowest BCUT2D eigenvalue weighted by atomic mass is 10.1. The number of benzene rings is 1. The molecule has 0 fully saturated rings. The summed E-state index contributed by atoms with van der Waals surface area (Å²) in [6.07, 6.45) is 3.66. The van der Waals surface area contributed by atoms with E-state index in [1.165, 1.54) is 0 Å². The van der Waals surface area contributed by atoms with Crippen molar-refractivity contribution in [3.63, 3.8) is 0 Å². The Kier molecular flexibility index (Phi) is 7.66. The molecule has 4 N–H and O–H groups in total. The number of ether oxygens (including phenoxy) is 2. The SMILES string of the molecule is NC(=O)NCCCCCC(=O)NCc1cc(Cl)c2c(c1)OCCCO2. The van der Waals surface area contributed by atoms with E-state index in [2.05, 4.69) is 10.6 Å². The van der Waals surface area contributed by atoms with Crippen molar-refractivity contribution >= 4 is 23.5 Å². The molecule has 0 saturated heterocycles. The Balaban J connectivity index is 1.72. The lowest BCUT2D eigenvalue weighted by molar-refractivity contribution is -0.121. The fourth-order valence-electron chi connectivity index (χ4n) is 2.47. The molecule has 0 bridgehead atoms. The van der Waals surface area contributed by atoms with Gasteiger partial charge in [0, 0.05) is 25.9 Å². The van der Waals surface area contributed by atoms with Crippen LogP contribution in [0.2, 0.25) is 5.02 Å². The number of halogens is 1. The van der Waals surface area contributed by atoms with Gasteiger partial charge in [-0.25, -0.2) is 4.79 Å². The number of amides is 3. The number of primary amides is 1. The number of nitrogens with one attached hydrogen (secondary N) is 2. The molecule has 1 aliphatic heterocycles. The van der Waals surface area contributed by atoms with E-state index in [1.807, 2.05) is 6.07 Å². The Morgan fingerprint density at radius 2 is 1.92 bits per heavy atom. The molecule has 3 amide bonds. The van der Waals surface area contributed by atoms with Gasteiger partial charge in [-0.2, -0.15) is 0 Å². The summed E-state index contributed by atoms with van der Waals surface area (Å²) in [4.78, 5) is 22.4. The molecule has 1 aliphatic rings. The van der Waals surface area contributed by atoms with E-state index in [4.69, 9.17) is 26.8 Å². The zero-order valence-electron chi connectivity index (χ0n) is 14.1. The quantitative estimate of drug-likeness (QED) is 0.612. The van der Waals surface area contributed by atoms with Crippen molar-refractivity contribution in [2.24, 2.45) is 5.73 Å². The average molecular weight is 370 g/mol. The molecule has 25 heavy (non-hydrogen) atoms. The first-order chi connectivity index (χ1) is 12.1. The van der Waals surface area contributed by atoms with Gasteiger partial charge in [-0.05, 0) is 30.5 Å². The molecule has 0 saturated carbocycles. The van der Waals surface area contributed by atoms with Crippen LogP contribution in [-0.2, 0) is 11.3 Å². The summed E-state index contributed by atoms with van der Waals surface area (Å²) in [5.74, 6) is 1.17. The molecular weight excluding hydrogens is 346 g/mol. The third kappa shape index (κ3) is 6.70. The lowest BCUT2D eigenvalue weighted by Crippen LogP contribution is -2.30. The van der Waals surface area contributed by atoms with Gasteiger partial charge in [-0.15, -0.1) is 0 Å². The first-order valence-electron chi connectivity index (χ1n) is 8.44. The van der Waals surface area contributed by atoms with Gasteiger partial charge in [-0.3, -0.25) is 4.79 Å². The van der Waals surface area contributed by atoms with Crippen molar-refractivity contribution in [2.45, 2.75) is 38.6 Å².